The Kier molecular flexibility index (Phi) is 9.80. The van der Waals surface area contributed by atoms with Gasteiger partial charge in [0, 0.05) is 49.0 Å². The molecule has 3 rings (SSSR count). The van der Waals surface area contributed by atoms with Gasteiger partial charge in [-0.25, -0.2) is 4.98 Å². The maximum Gasteiger partial charge on any atom is 0.191 e. The number of ether oxygens (including phenoxy) is 1. The molecule has 0 saturated carbocycles. The lowest BCUT2D eigenvalue weighted by Crippen LogP contribution is -2.56. The number of thiazole rings is 1. The number of aliphatic imine (C=N–C) groups is 1. The van der Waals surface area contributed by atoms with E-state index in [1.807, 2.05) is 25.3 Å². The van der Waals surface area contributed by atoms with Crippen LogP contribution in [0.2, 0.25) is 0 Å². The number of aryl methyl sites for hydroxylation is 1. The molecule has 0 unspecified atom stereocenters. The van der Waals surface area contributed by atoms with Crippen molar-refractivity contribution in [3.63, 3.8) is 0 Å². The monoisotopic (exact) mass is 549 g/mol. The molecule has 0 atom stereocenters. The van der Waals surface area contributed by atoms with Gasteiger partial charge >= 0.3 is 0 Å². The third-order valence-corrected chi connectivity index (χ3v) is 6.92. The van der Waals surface area contributed by atoms with Gasteiger partial charge in [-0.2, -0.15) is 0 Å². The number of nitrogens with one attached hydrogen (secondary N) is 2. The fraction of sp³-hybridized carbons (Fsp3) is 0.600. The molecule has 0 aromatic carbocycles. The molecule has 162 valence electrons. The van der Waals surface area contributed by atoms with E-state index in [9.17, 15) is 0 Å². The Balaban J connectivity index is 0.00000300. The molecule has 1 aliphatic heterocycles. The molecule has 0 amide bonds. The zero-order valence-electron chi connectivity index (χ0n) is 17.7. The minimum Gasteiger partial charge on any atom is -0.379 e. The molecule has 0 bridgehead atoms. The van der Waals surface area contributed by atoms with Crippen molar-refractivity contribution in [3.05, 3.63) is 27.4 Å². The van der Waals surface area contributed by atoms with Crippen molar-refractivity contribution in [2.45, 2.75) is 32.7 Å². The molecule has 2 aromatic heterocycles. The minimum absolute atomic E-state index is 0. The number of guanidine groups is 1. The van der Waals surface area contributed by atoms with Crippen LogP contribution in [-0.4, -0.2) is 67.8 Å². The zero-order valence-corrected chi connectivity index (χ0v) is 21.6. The first-order valence-corrected chi connectivity index (χ1v) is 11.5. The molecule has 6 nitrogen and oxygen atoms in total. The predicted molar refractivity (Wildman–Crippen MR) is 135 cm³/mol. The van der Waals surface area contributed by atoms with Crippen molar-refractivity contribution in [1.82, 2.24) is 20.5 Å². The van der Waals surface area contributed by atoms with E-state index in [-0.39, 0.29) is 29.5 Å². The van der Waals surface area contributed by atoms with Crippen LogP contribution < -0.4 is 10.6 Å². The molecule has 0 radical (unpaired) electrons. The minimum atomic E-state index is 0. The molecule has 29 heavy (non-hydrogen) atoms. The summed E-state index contributed by atoms with van der Waals surface area (Å²) in [5.74, 6) is 0.855. The second-order valence-electron chi connectivity index (χ2n) is 7.53. The van der Waals surface area contributed by atoms with Crippen LogP contribution in [0, 0.1) is 6.92 Å². The van der Waals surface area contributed by atoms with Crippen LogP contribution in [0.5, 0.6) is 0 Å². The Morgan fingerprint density at radius 3 is 2.69 bits per heavy atom. The molecular weight excluding hydrogens is 517 g/mol. The van der Waals surface area contributed by atoms with E-state index in [1.165, 1.54) is 9.75 Å². The quantitative estimate of drug-likeness (QED) is 0.314. The normalized spacial score (nSPS) is 15.8. The fourth-order valence-corrected chi connectivity index (χ4v) is 4.89. The van der Waals surface area contributed by atoms with E-state index in [1.54, 1.807) is 11.3 Å². The molecule has 0 spiro atoms. The highest BCUT2D eigenvalue weighted by molar-refractivity contribution is 14.0. The molecule has 0 aliphatic carbocycles. The topological polar surface area (TPSA) is 61.8 Å². The van der Waals surface area contributed by atoms with E-state index in [0.717, 1.165) is 62.5 Å². The van der Waals surface area contributed by atoms with Gasteiger partial charge in [-0.15, -0.1) is 46.7 Å². The summed E-state index contributed by atoms with van der Waals surface area (Å²) in [6.45, 7) is 11.9. The number of nitrogens with zero attached hydrogens (tertiary/aromatic N) is 3. The summed E-state index contributed by atoms with van der Waals surface area (Å²) in [6, 6.07) is 4.38. The molecule has 1 aliphatic rings. The zero-order chi connectivity index (χ0) is 20.0. The summed E-state index contributed by atoms with van der Waals surface area (Å²) in [4.78, 5) is 14.0. The summed E-state index contributed by atoms with van der Waals surface area (Å²) in [7, 11) is 1.82. The molecule has 9 heteroatoms. The Morgan fingerprint density at radius 2 is 2.03 bits per heavy atom. The van der Waals surface area contributed by atoms with E-state index >= 15 is 0 Å². The average molecular weight is 550 g/mol. The number of halogens is 1. The van der Waals surface area contributed by atoms with Gasteiger partial charge in [-0.05, 0) is 39.3 Å². The number of thiophene rings is 1. The smallest absolute Gasteiger partial charge is 0.191 e. The van der Waals surface area contributed by atoms with Gasteiger partial charge in [0.2, 0.25) is 0 Å². The van der Waals surface area contributed by atoms with Crippen molar-refractivity contribution >= 4 is 52.6 Å². The van der Waals surface area contributed by atoms with Gasteiger partial charge in [0.1, 0.15) is 0 Å². The number of hydrogen-bond acceptors (Lipinski definition) is 6. The Labute approximate surface area is 199 Å². The van der Waals surface area contributed by atoms with Gasteiger partial charge in [-0.1, -0.05) is 0 Å². The van der Waals surface area contributed by atoms with Crippen molar-refractivity contribution < 1.29 is 4.74 Å². The molecule has 1 saturated heterocycles. The van der Waals surface area contributed by atoms with Crippen LogP contribution in [-0.2, 0) is 11.2 Å². The van der Waals surface area contributed by atoms with Gasteiger partial charge in [0.15, 0.2) is 5.96 Å². The Morgan fingerprint density at radius 1 is 1.28 bits per heavy atom. The molecule has 1 fully saturated rings. The van der Waals surface area contributed by atoms with Gasteiger partial charge in [0.25, 0.3) is 0 Å². The number of hydrogen-bond donors (Lipinski definition) is 2. The summed E-state index contributed by atoms with van der Waals surface area (Å²) in [5, 5.41) is 10.2. The van der Waals surface area contributed by atoms with Crippen LogP contribution in [0.3, 0.4) is 0 Å². The highest BCUT2D eigenvalue weighted by Gasteiger charge is 2.28. The third kappa shape index (κ3) is 7.16. The highest BCUT2D eigenvalue weighted by atomic mass is 127. The Bertz CT molecular complexity index is 783. The fourth-order valence-electron chi connectivity index (χ4n) is 3.23. The summed E-state index contributed by atoms with van der Waals surface area (Å²) in [5.41, 5.74) is 1.16. The van der Waals surface area contributed by atoms with Gasteiger partial charge in [0.05, 0.1) is 28.8 Å². The van der Waals surface area contributed by atoms with E-state index in [4.69, 9.17) is 4.74 Å². The highest BCUT2D eigenvalue weighted by Crippen LogP contribution is 2.29. The molecule has 2 aromatic rings. The van der Waals surface area contributed by atoms with Crippen molar-refractivity contribution in [2.75, 3.05) is 46.4 Å². The average Bonchev–Trinajstić information content (AvgIpc) is 3.34. The van der Waals surface area contributed by atoms with Gasteiger partial charge in [-0.3, -0.25) is 9.89 Å². The lowest BCUT2D eigenvalue weighted by atomic mass is 10.0. The van der Waals surface area contributed by atoms with Crippen molar-refractivity contribution in [1.29, 1.82) is 0 Å². The second-order valence-corrected chi connectivity index (χ2v) is 9.76. The van der Waals surface area contributed by atoms with Crippen LogP contribution >= 0.6 is 46.7 Å². The molecule has 3 heterocycles. The van der Waals surface area contributed by atoms with E-state index in [0.29, 0.717) is 0 Å². The molecular formula is C20H32IN5OS2. The van der Waals surface area contributed by atoms with E-state index < -0.39 is 0 Å². The largest absolute Gasteiger partial charge is 0.379 e. The van der Waals surface area contributed by atoms with Gasteiger partial charge < -0.3 is 15.4 Å². The third-order valence-electron chi connectivity index (χ3n) is 4.98. The van der Waals surface area contributed by atoms with Crippen LogP contribution in [0.25, 0.3) is 10.6 Å². The SMILES string of the molecule is CN=C(NCCc1ccc(-c2csc(C)n2)s1)NCC(C)(C)N1CCOCC1.I. The number of morpholine rings is 1. The second kappa shape index (κ2) is 11.6. The summed E-state index contributed by atoms with van der Waals surface area (Å²) in [6.07, 6.45) is 0.974. The first-order chi connectivity index (χ1) is 13.5. The van der Waals surface area contributed by atoms with Crippen molar-refractivity contribution in [2.24, 2.45) is 4.99 Å². The maximum atomic E-state index is 5.47. The summed E-state index contributed by atoms with van der Waals surface area (Å²) >= 11 is 3.52. The Hall–Kier alpha value is -0.750. The predicted octanol–water partition coefficient (Wildman–Crippen LogP) is 3.62. The van der Waals surface area contributed by atoms with Crippen LogP contribution in [0.4, 0.5) is 0 Å². The molecule has 2 N–H and O–H groups in total. The lowest BCUT2D eigenvalue weighted by molar-refractivity contribution is -0.00833. The van der Waals surface area contributed by atoms with Crippen LogP contribution in [0.1, 0.15) is 23.7 Å². The summed E-state index contributed by atoms with van der Waals surface area (Å²) < 4.78 is 5.47. The number of rotatable bonds is 7. The van der Waals surface area contributed by atoms with Crippen LogP contribution in [0.15, 0.2) is 22.5 Å². The van der Waals surface area contributed by atoms with Crippen molar-refractivity contribution in [3.8, 4) is 10.6 Å². The lowest BCUT2D eigenvalue weighted by Gasteiger charge is -2.41. The number of aromatic nitrogens is 1. The van der Waals surface area contributed by atoms with E-state index in [2.05, 4.69) is 56.9 Å². The maximum absolute atomic E-state index is 5.47. The first kappa shape index (κ1) is 24.5. The first-order valence-electron chi connectivity index (χ1n) is 9.76. The standard InChI is InChI=1S/C20H31N5OS2.HI/c1-15-24-17(13-27-15)18-6-5-16(28-18)7-8-22-19(21-4)23-14-20(2,3)25-9-11-26-12-10-25;/h5-6,13H,7-12,14H2,1-4H3,(H2,21,22,23);1H.